The highest BCUT2D eigenvalue weighted by Gasteiger charge is 2.23. The number of benzene rings is 1. The average Bonchev–Trinajstić information content (AvgIpc) is 3.00. The van der Waals surface area contributed by atoms with Crippen molar-refractivity contribution in [2.45, 2.75) is 31.6 Å². The van der Waals surface area contributed by atoms with Crippen molar-refractivity contribution in [3.8, 4) is 0 Å². The van der Waals surface area contributed by atoms with Gasteiger partial charge in [-0.1, -0.05) is 31.2 Å². The van der Waals surface area contributed by atoms with Crippen LogP contribution in [0.2, 0.25) is 0 Å². The third-order valence-corrected chi connectivity index (χ3v) is 2.83. The molecule has 0 radical (unpaired) electrons. The van der Waals surface area contributed by atoms with Crippen LogP contribution in [0.4, 0.5) is 0 Å². The highest BCUT2D eigenvalue weighted by Crippen LogP contribution is 2.40. The fourth-order valence-corrected chi connectivity index (χ4v) is 1.62. The molecule has 1 fully saturated rings. The van der Waals surface area contributed by atoms with Crippen molar-refractivity contribution < 1.29 is 5.11 Å². The molecule has 0 amide bonds. The molecule has 13 heavy (non-hydrogen) atoms. The molecular weight excluding hydrogens is 160 g/mol. The van der Waals surface area contributed by atoms with Crippen LogP contribution in [0.1, 0.15) is 42.7 Å². The summed E-state index contributed by atoms with van der Waals surface area (Å²) in [5, 5.41) is 8.98. The maximum Gasteiger partial charge on any atom is 0.0497 e. The summed E-state index contributed by atoms with van der Waals surface area (Å²) in [6, 6.07) is 8.71. The molecule has 0 bridgehead atoms. The molecule has 0 unspecified atom stereocenters. The highest BCUT2D eigenvalue weighted by atomic mass is 16.3. The van der Waals surface area contributed by atoms with Crippen LogP contribution in [0.5, 0.6) is 0 Å². The minimum absolute atomic E-state index is 0.239. The van der Waals surface area contributed by atoms with Crippen LogP contribution in [-0.4, -0.2) is 11.7 Å². The van der Waals surface area contributed by atoms with Crippen LogP contribution in [0.3, 0.4) is 0 Å². The molecule has 70 valence electrons. The first-order valence-electron chi connectivity index (χ1n) is 5.02. The smallest absolute Gasteiger partial charge is 0.0497 e. The largest absolute Gasteiger partial charge is 0.396 e. The molecule has 1 aromatic carbocycles. The van der Waals surface area contributed by atoms with E-state index in [2.05, 4.69) is 24.3 Å². The second-order valence-electron chi connectivity index (χ2n) is 4.02. The third-order valence-electron chi connectivity index (χ3n) is 2.83. The summed E-state index contributed by atoms with van der Waals surface area (Å²) in [6.45, 7) is 2.29. The van der Waals surface area contributed by atoms with E-state index in [1.807, 2.05) is 6.92 Å². The van der Waals surface area contributed by atoms with Crippen LogP contribution in [-0.2, 0) is 0 Å². The first-order valence-corrected chi connectivity index (χ1v) is 5.02. The molecule has 0 saturated heterocycles. The van der Waals surface area contributed by atoms with Gasteiger partial charge in [-0.25, -0.2) is 0 Å². The molecule has 0 aromatic heterocycles. The maximum atomic E-state index is 8.98. The van der Waals surface area contributed by atoms with Crippen LogP contribution >= 0.6 is 0 Å². The van der Waals surface area contributed by atoms with Gasteiger partial charge < -0.3 is 5.11 Å². The average molecular weight is 176 g/mol. The highest BCUT2D eigenvalue weighted by molar-refractivity contribution is 5.29. The van der Waals surface area contributed by atoms with Crippen molar-refractivity contribution >= 4 is 0 Å². The molecule has 1 atom stereocenters. The zero-order valence-corrected chi connectivity index (χ0v) is 8.03. The lowest BCUT2D eigenvalue weighted by atomic mass is 9.99. The Morgan fingerprint density at radius 3 is 2.38 bits per heavy atom. The van der Waals surface area contributed by atoms with Gasteiger partial charge in [-0.15, -0.1) is 0 Å². The van der Waals surface area contributed by atoms with Gasteiger partial charge in [0, 0.05) is 12.5 Å². The van der Waals surface area contributed by atoms with Gasteiger partial charge in [-0.2, -0.15) is 0 Å². The SMILES string of the molecule is C[C@H](CO)c1ccc(C2CC2)cc1. The molecule has 1 nitrogen and oxygen atoms in total. The Balaban J connectivity index is 2.12. The van der Waals surface area contributed by atoms with Crippen molar-refractivity contribution in [3.05, 3.63) is 35.4 Å². The van der Waals surface area contributed by atoms with Gasteiger partial charge in [0.1, 0.15) is 0 Å². The lowest BCUT2D eigenvalue weighted by molar-refractivity contribution is 0.273. The molecule has 1 N–H and O–H groups in total. The van der Waals surface area contributed by atoms with Crippen molar-refractivity contribution in [2.75, 3.05) is 6.61 Å². The minimum Gasteiger partial charge on any atom is -0.396 e. The lowest BCUT2D eigenvalue weighted by Crippen LogP contribution is -1.98. The number of hydrogen-bond donors (Lipinski definition) is 1. The van der Waals surface area contributed by atoms with Gasteiger partial charge in [0.15, 0.2) is 0 Å². The van der Waals surface area contributed by atoms with Gasteiger partial charge in [-0.3, -0.25) is 0 Å². The van der Waals surface area contributed by atoms with Crippen molar-refractivity contribution in [2.24, 2.45) is 0 Å². The molecule has 1 aliphatic carbocycles. The normalized spacial score (nSPS) is 18.6. The topological polar surface area (TPSA) is 20.2 Å². The van der Waals surface area contributed by atoms with Crippen LogP contribution < -0.4 is 0 Å². The summed E-state index contributed by atoms with van der Waals surface area (Å²) in [4.78, 5) is 0. The summed E-state index contributed by atoms with van der Waals surface area (Å²) in [5.41, 5.74) is 2.71. The number of aliphatic hydroxyl groups is 1. The molecule has 2 rings (SSSR count). The van der Waals surface area contributed by atoms with E-state index in [4.69, 9.17) is 5.11 Å². The Labute approximate surface area is 79.4 Å². The summed E-state index contributed by atoms with van der Waals surface area (Å²) < 4.78 is 0. The molecule has 1 aliphatic rings. The van der Waals surface area contributed by atoms with E-state index in [1.54, 1.807) is 0 Å². The predicted molar refractivity (Wildman–Crippen MR) is 53.9 cm³/mol. The van der Waals surface area contributed by atoms with E-state index in [-0.39, 0.29) is 12.5 Å². The van der Waals surface area contributed by atoms with Crippen LogP contribution in [0.25, 0.3) is 0 Å². The maximum absolute atomic E-state index is 8.98. The van der Waals surface area contributed by atoms with E-state index >= 15 is 0 Å². The molecule has 1 heteroatoms. The fraction of sp³-hybridized carbons (Fsp3) is 0.500. The number of rotatable bonds is 3. The number of hydrogen-bond acceptors (Lipinski definition) is 1. The van der Waals surface area contributed by atoms with Crippen LogP contribution in [0, 0.1) is 0 Å². The first-order chi connectivity index (χ1) is 6.31. The van der Waals surface area contributed by atoms with Crippen molar-refractivity contribution in [1.29, 1.82) is 0 Å². The molecular formula is C12H16O. The summed E-state index contributed by atoms with van der Waals surface area (Å²) in [6.07, 6.45) is 2.71. The Morgan fingerprint density at radius 1 is 1.31 bits per heavy atom. The molecule has 0 spiro atoms. The van der Waals surface area contributed by atoms with Gasteiger partial charge in [0.05, 0.1) is 0 Å². The van der Waals surface area contributed by atoms with Gasteiger partial charge >= 0.3 is 0 Å². The minimum atomic E-state index is 0.239. The Morgan fingerprint density at radius 2 is 1.92 bits per heavy atom. The second kappa shape index (κ2) is 3.51. The Kier molecular flexibility index (Phi) is 2.36. The van der Waals surface area contributed by atoms with Gasteiger partial charge in [-0.05, 0) is 29.9 Å². The quantitative estimate of drug-likeness (QED) is 0.750. The predicted octanol–water partition coefficient (Wildman–Crippen LogP) is 2.66. The molecule has 1 aromatic rings. The lowest BCUT2D eigenvalue weighted by Gasteiger charge is -2.08. The Bertz CT molecular complexity index is 272. The zero-order chi connectivity index (χ0) is 9.26. The second-order valence-corrected chi connectivity index (χ2v) is 4.02. The summed E-state index contributed by atoms with van der Waals surface area (Å²) in [7, 11) is 0. The van der Waals surface area contributed by atoms with Crippen molar-refractivity contribution in [1.82, 2.24) is 0 Å². The van der Waals surface area contributed by atoms with E-state index in [9.17, 15) is 0 Å². The Hall–Kier alpha value is -0.820. The fourth-order valence-electron chi connectivity index (χ4n) is 1.62. The van der Waals surface area contributed by atoms with E-state index in [0.717, 1.165) is 5.92 Å². The van der Waals surface area contributed by atoms with E-state index in [1.165, 1.54) is 24.0 Å². The first kappa shape index (κ1) is 8.76. The van der Waals surface area contributed by atoms with Crippen LogP contribution in [0.15, 0.2) is 24.3 Å². The van der Waals surface area contributed by atoms with Crippen molar-refractivity contribution in [3.63, 3.8) is 0 Å². The molecule has 0 aliphatic heterocycles. The summed E-state index contributed by atoms with van der Waals surface area (Å²) in [5.74, 6) is 1.10. The van der Waals surface area contributed by atoms with E-state index < -0.39 is 0 Å². The number of aliphatic hydroxyl groups excluding tert-OH is 1. The molecule has 0 heterocycles. The van der Waals surface area contributed by atoms with Gasteiger partial charge in [0.25, 0.3) is 0 Å². The monoisotopic (exact) mass is 176 g/mol. The molecule has 1 saturated carbocycles. The van der Waals surface area contributed by atoms with Gasteiger partial charge in [0.2, 0.25) is 0 Å². The summed E-state index contributed by atoms with van der Waals surface area (Å²) >= 11 is 0. The van der Waals surface area contributed by atoms with E-state index in [0.29, 0.717) is 0 Å². The zero-order valence-electron chi connectivity index (χ0n) is 8.03. The standard InChI is InChI=1S/C12H16O/c1-9(8-13)10-2-4-11(5-3-10)12-6-7-12/h2-5,9,12-13H,6-8H2,1H3/t9-/m1/s1. The third kappa shape index (κ3) is 1.92.